The van der Waals surface area contributed by atoms with Crippen LogP contribution in [-0.4, -0.2) is 29.4 Å². The molecule has 3 nitrogen and oxygen atoms in total. The zero-order chi connectivity index (χ0) is 16.4. The first-order valence-electron chi connectivity index (χ1n) is 9.12. The van der Waals surface area contributed by atoms with Crippen molar-refractivity contribution in [1.82, 2.24) is 4.90 Å². The number of nitrogens with two attached hydrogens (primary N) is 1. The van der Waals surface area contributed by atoms with Gasteiger partial charge in [0.2, 0.25) is 5.91 Å². The topological polar surface area (TPSA) is 46.3 Å². The van der Waals surface area contributed by atoms with Gasteiger partial charge in [0.05, 0.1) is 5.92 Å². The van der Waals surface area contributed by atoms with Gasteiger partial charge in [-0.15, -0.1) is 0 Å². The van der Waals surface area contributed by atoms with Gasteiger partial charge in [-0.05, 0) is 56.6 Å². The predicted molar refractivity (Wildman–Crippen MR) is 94.3 cm³/mol. The van der Waals surface area contributed by atoms with E-state index in [1.165, 1.54) is 11.1 Å². The van der Waals surface area contributed by atoms with E-state index in [0.717, 1.165) is 51.6 Å². The number of carbonyl (C=O) groups excluding carboxylic acids is 1. The number of benzene rings is 1. The summed E-state index contributed by atoms with van der Waals surface area (Å²) in [6.45, 7) is 6.01. The third kappa shape index (κ3) is 3.45. The molecule has 2 N–H and O–H groups in total. The van der Waals surface area contributed by atoms with Crippen LogP contribution in [0.2, 0.25) is 0 Å². The Morgan fingerprint density at radius 1 is 1.17 bits per heavy atom. The van der Waals surface area contributed by atoms with Gasteiger partial charge in [-0.3, -0.25) is 4.79 Å². The molecule has 1 aromatic rings. The number of rotatable bonds is 2. The Morgan fingerprint density at radius 2 is 1.87 bits per heavy atom. The highest BCUT2D eigenvalue weighted by Crippen LogP contribution is 2.35. The summed E-state index contributed by atoms with van der Waals surface area (Å²) >= 11 is 0. The molecule has 1 heterocycles. The van der Waals surface area contributed by atoms with Gasteiger partial charge in [0.1, 0.15) is 0 Å². The van der Waals surface area contributed by atoms with Crippen molar-refractivity contribution < 1.29 is 4.79 Å². The summed E-state index contributed by atoms with van der Waals surface area (Å²) in [4.78, 5) is 15.0. The second-order valence-electron chi connectivity index (χ2n) is 7.76. The molecular weight excluding hydrogens is 284 g/mol. The molecule has 0 bridgehead atoms. The number of likely N-dealkylation sites (tertiary alicyclic amines) is 1. The summed E-state index contributed by atoms with van der Waals surface area (Å²) in [5.41, 5.74) is 8.94. The van der Waals surface area contributed by atoms with E-state index >= 15 is 0 Å². The minimum Gasteiger partial charge on any atom is -0.342 e. The fourth-order valence-corrected chi connectivity index (χ4v) is 4.44. The number of hydrogen-bond acceptors (Lipinski definition) is 2. The smallest absolute Gasteiger partial charge is 0.227 e. The molecule has 1 saturated heterocycles. The number of hydrogen-bond donors (Lipinski definition) is 1. The lowest BCUT2D eigenvalue weighted by Gasteiger charge is -2.42. The number of piperidine rings is 1. The van der Waals surface area contributed by atoms with Crippen molar-refractivity contribution in [2.45, 2.75) is 63.8 Å². The normalized spacial score (nSPS) is 29.5. The SMILES string of the molecule is Cc1ccccc1C1CCN(C(=O)C2CCCCC2(C)N)CC1. The molecule has 1 saturated carbocycles. The van der Waals surface area contributed by atoms with Crippen LogP contribution in [0.3, 0.4) is 0 Å². The van der Waals surface area contributed by atoms with E-state index in [1.54, 1.807) is 0 Å². The van der Waals surface area contributed by atoms with Gasteiger partial charge in [-0.1, -0.05) is 37.1 Å². The summed E-state index contributed by atoms with van der Waals surface area (Å²) in [5.74, 6) is 0.917. The van der Waals surface area contributed by atoms with Crippen molar-refractivity contribution in [1.29, 1.82) is 0 Å². The summed E-state index contributed by atoms with van der Waals surface area (Å²) in [5, 5.41) is 0. The molecule has 126 valence electrons. The van der Waals surface area contributed by atoms with E-state index in [-0.39, 0.29) is 11.5 Å². The maximum absolute atomic E-state index is 12.9. The maximum Gasteiger partial charge on any atom is 0.227 e. The van der Waals surface area contributed by atoms with Crippen molar-refractivity contribution in [3.05, 3.63) is 35.4 Å². The van der Waals surface area contributed by atoms with Crippen molar-refractivity contribution in [3.63, 3.8) is 0 Å². The Kier molecular flexibility index (Phi) is 4.77. The largest absolute Gasteiger partial charge is 0.342 e. The molecule has 2 unspecified atom stereocenters. The summed E-state index contributed by atoms with van der Waals surface area (Å²) in [6, 6.07) is 8.66. The van der Waals surface area contributed by atoms with E-state index in [1.807, 2.05) is 0 Å². The number of carbonyl (C=O) groups is 1. The molecule has 1 amide bonds. The van der Waals surface area contributed by atoms with Crippen LogP contribution in [0.5, 0.6) is 0 Å². The van der Waals surface area contributed by atoms with Crippen LogP contribution in [-0.2, 0) is 4.79 Å². The van der Waals surface area contributed by atoms with E-state index in [9.17, 15) is 4.79 Å². The lowest BCUT2D eigenvalue weighted by molar-refractivity contribution is -0.140. The van der Waals surface area contributed by atoms with Gasteiger partial charge in [-0.25, -0.2) is 0 Å². The van der Waals surface area contributed by atoms with Crippen molar-refractivity contribution in [3.8, 4) is 0 Å². The van der Waals surface area contributed by atoms with Gasteiger partial charge < -0.3 is 10.6 Å². The lowest BCUT2D eigenvalue weighted by atomic mass is 9.73. The second kappa shape index (κ2) is 6.64. The third-order valence-electron chi connectivity index (χ3n) is 5.99. The van der Waals surface area contributed by atoms with Crippen molar-refractivity contribution in [2.24, 2.45) is 11.7 Å². The summed E-state index contributed by atoms with van der Waals surface area (Å²) < 4.78 is 0. The Labute approximate surface area is 140 Å². The monoisotopic (exact) mass is 314 g/mol. The zero-order valence-corrected chi connectivity index (χ0v) is 14.6. The molecule has 2 atom stereocenters. The van der Waals surface area contributed by atoms with Crippen molar-refractivity contribution in [2.75, 3.05) is 13.1 Å². The molecular formula is C20H30N2O. The maximum atomic E-state index is 12.9. The molecule has 0 radical (unpaired) electrons. The number of nitrogens with zero attached hydrogens (tertiary/aromatic N) is 1. The molecule has 3 rings (SSSR count). The molecule has 1 aliphatic heterocycles. The van der Waals surface area contributed by atoms with Crippen molar-refractivity contribution >= 4 is 5.91 Å². The molecule has 1 aliphatic carbocycles. The van der Waals surface area contributed by atoms with Gasteiger partial charge in [0, 0.05) is 18.6 Å². The van der Waals surface area contributed by atoms with Gasteiger partial charge >= 0.3 is 0 Å². The van der Waals surface area contributed by atoms with E-state index in [0.29, 0.717) is 11.8 Å². The second-order valence-corrected chi connectivity index (χ2v) is 7.76. The minimum atomic E-state index is -0.317. The van der Waals surface area contributed by atoms with Crippen LogP contribution < -0.4 is 5.73 Å². The average molecular weight is 314 g/mol. The van der Waals surface area contributed by atoms with E-state index < -0.39 is 0 Å². The summed E-state index contributed by atoms with van der Waals surface area (Å²) in [7, 11) is 0. The van der Waals surface area contributed by atoms with Crippen LogP contribution in [0, 0.1) is 12.8 Å². The molecule has 1 aromatic carbocycles. The Hall–Kier alpha value is -1.35. The summed E-state index contributed by atoms with van der Waals surface area (Å²) in [6.07, 6.45) is 6.39. The molecule has 23 heavy (non-hydrogen) atoms. The average Bonchev–Trinajstić information content (AvgIpc) is 2.54. The Bertz CT molecular complexity index is 559. The Balaban J connectivity index is 1.62. The first-order chi connectivity index (χ1) is 11.0. The first-order valence-corrected chi connectivity index (χ1v) is 9.12. The predicted octanol–water partition coefficient (Wildman–Crippen LogP) is 3.61. The van der Waals surface area contributed by atoms with Crippen LogP contribution in [0.4, 0.5) is 0 Å². The van der Waals surface area contributed by atoms with Crippen LogP contribution >= 0.6 is 0 Å². The lowest BCUT2D eigenvalue weighted by Crippen LogP contribution is -2.54. The third-order valence-corrected chi connectivity index (χ3v) is 5.99. The number of aryl methyl sites for hydroxylation is 1. The molecule has 0 aromatic heterocycles. The molecule has 3 heteroatoms. The highest BCUT2D eigenvalue weighted by molar-refractivity contribution is 5.80. The first kappa shape index (κ1) is 16.5. The fraction of sp³-hybridized carbons (Fsp3) is 0.650. The Morgan fingerprint density at radius 3 is 2.52 bits per heavy atom. The molecule has 0 spiro atoms. The van der Waals surface area contributed by atoms with Crippen LogP contribution in [0.15, 0.2) is 24.3 Å². The van der Waals surface area contributed by atoms with Crippen LogP contribution in [0.1, 0.15) is 62.5 Å². The van der Waals surface area contributed by atoms with Gasteiger partial charge in [0.15, 0.2) is 0 Å². The standard InChI is InChI=1S/C20H30N2O/c1-15-7-3-4-8-17(15)16-10-13-22(14-11-16)19(23)18-9-5-6-12-20(18,2)21/h3-4,7-8,16,18H,5-6,9-14,21H2,1-2H3. The highest BCUT2D eigenvalue weighted by Gasteiger charge is 2.40. The molecule has 2 aliphatic rings. The van der Waals surface area contributed by atoms with E-state index in [4.69, 9.17) is 5.73 Å². The minimum absolute atomic E-state index is 0.0197. The fourth-order valence-electron chi connectivity index (χ4n) is 4.44. The van der Waals surface area contributed by atoms with E-state index in [2.05, 4.69) is 43.0 Å². The van der Waals surface area contributed by atoms with Gasteiger partial charge in [0.25, 0.3) is 0 Å². The number of amides is 1. The highest BCUT2D eigenvalue weighted by atomic mass is 16.2. The van der Waals surface area contributed by atoms with Gasteiger partial charge in [-0.2, -0.15) is 0 Å². The van der Waals surface area contributed by atoms with Crippen LogP contribution in [0.25, 0.3) is 0 Å². The zero-order valence-electron chi connectivity index (χ0n) is 14.6. The molecule has 2 fully saturated rings. The quantitative estimate of drug-likeness (QED) is 0.906.